The zero-order valence-corrected chi connectivity index (χ0v) is 21.9. The Kier molecular flexibility index (Phi) is 7.57. The molecule has 9 heteroatoms. The molecule has 9 nitrogen and oxygen atoms in total. The predicted octanol–water partition coefficient (Wildman–Crippen LogP) is 4.19. The minimum atomic E-state index is -0.739. The molecular formula is C29H33N5O4. The summed E-state index contributed by atoms with van der Waals surface area (Å²) in [6.45, 7) is 3.77. The zero-order valence-electron chi connectivity index (χ0n) is 21.9. The first-order chi connectivity index (χ1) is 18.5. The molecule has 198 valence electrons. The van der Waals surface area contributed by atoms with Crippen molar-refractivity contribution in [2.45, 2.75) is 26.0 Å². The van der Waals surface area contributed by atoms with Gasteiger partial charge in [-0.05, 0) is 48.2 Å². The van der Waals surface area contributed by atoms with Gasteiger partial charge in [0.25, 0.3) is 0 Å². The predicted molar refractivity (Wildman–Crippen MR) is 148 cm³/mol. The number of hydrogen-bond donors (Lipinski definition) is 3. The molecule has 0 saturated carbocycles. The normalized spacial score (nSPS) is 14.8. The van der Waals surface area contributed by atoms with Crippen molar-refractivity contribution in [3.8, 4) is 22.6 Å². The van der Waals surface area contributed by atoms with Gasteiger partial charge in [-0.15, -0.1) is 0 Å². The monoisotopic (exact) mass is 515 g/mol. The van der Waals surface area contributed by atoms with E-state index in [1.54, 1.807) is 26.7 Å². The summed E-state index contributed by atoms with van der Waals surface area (Å²) in [6.07, 6.45) is 3.10. The van der Waals surface area contributed by atoms with Crippen LogP contribution in [0.2, 0.25) is 0 Å². The Balaban J connectivity index is 1.48. The van der Waals surface area contributed by atoms with Gasteiger partial charge in [0.1, 0.15) is 36.1 Å². The lowest BCUT2D eigenvalue weighted by atomic mass is 9.96. The van der Waals surface area contributed by atoms with E-state index in [0.29, 0.717) is 37.5 Å². The van der Waals surface area contributed by atoms with Crippen LogP contribution in [0.5, 0.6) is 11.5 Å². The third kappa shape index (κ3) is 5.20. The molecule has 0 amide bonds. The van der Waals surface area contributed by atoms with Crippen LogP contribution in [-0.4, -0.2) is 59.1 Å². The van der Waals surface area contributed by atoms with Gasteiger partial charge in [0.15, 0.2) is 0 Å². The molecule has 1 aliphatic heterocycles. The second-order valence-corrected chi connectivity index (χ2v) is 9.62. The van der Waals surface area contributed by atoms with Crippen LogP contribution < -0.4 is 19.7 Å². The number of aliphatic hydroxyl groups is 2. The number of benzene rings is 2. The van der Waals surface area contributed by atoms with E-state index in [2.05, 4.69) is 31.2 Å². The topological polar surface area (TPSA) is 113 Å². The van der Waals surface area contributed by atoms with Crippen molar-refractivity contribution in [2.24, 2.45) is 5.92 Å². The average Bonchev–Trinajstić information content (AvgIpc) is 3.18. The highest BCUT2D eigenvalue weighted by Crippen LogP contribution is 2.35. The number of anilines is 2. The summed E-state index contributed by atoms with van der Waals surface area (Å²) in [7, 11) is 3.43. The van der Waals surface area contributed by atoms with E-state index in [4.69, 9.17) is 9.47 Å². The molecule has 0 radical (unpaired) electrons. The quantitative estimate of drug-likeness (QED) is 0.318. The fourth-order valence-electron chi connectivity index (χ4n) is 4.84. The number of aliphatic hydroxyl groups excluding tert-OH is 2. The largest absolute Gasteiger partial charge is 0.497 e. The molecule has 5 rings (SSSR count). The van der Waals surface area contributed by atoms with E-state index >= 15 is 0 Å². The van der Waals surface area contributed by atoms with Gasteiger partial charge in [-0.3, -0.25) is 0 Å². The van der Waals surface area contributed by atoms with Gasteiger partial charge >= 0.3 is 0 Å². The highest BCUT2D eigenvalue weighted by atomic mass is 16.5. The number of nitrogens with one attached hydrogen (secondary N) is 1. The third-order valence-corrected chi connectivity index (χ3v) is 6.95. The van der Waals surface area contributed by atoms with E-state index in [1.165, 1.54) is 0 Å². The van der Waals surface area contributed by atoms with E-state index in [9.17, 15) is 10.2 Å². The van der Waals surface area contributed by atoms with Gasteiger partial charge in [0.2, 0.25) is 0 Å². The lowest BCUT2D eigenvalue weighted by Crippen LogP contribution is -2.26. The molecule has 38 heavy (non-hydrogen) atoms. The standard InChI is InChI=1S/C29H33N5O4/c1-18(16-35)10-26(36)24-12-20(14-31-28(24)30-2)19-4-7-27-21(11-19)15-34(8-9-38-27)29-23-6-5-22(37-3)13-25(23)32-17-33-29/h4-7,11-14,17-18,26,35-36H,8-10,15-16H2,1-3H3,(H,30,31). The summed E-state index contributed by atoms with van der Waals surface area (Å²) in [5.74, 6) is 3.05. The lowest BCUT2D eigenvalue weighted by Gasteiger charge is -2.22. The van der Waals surface area contributed by atoms with E-state index < -0.39 is 6.10 Å². The molecule has 4 aromatic rings. The van der Waals surface area contributed by atoms with Gasteiger partial charge in [-0.2, -0.15) is 0 Å². The fraction of sp³-hybridized carbons (Fsp3) is 0.345. The number of pyridine rings is 1. The van der Waals surface area contributed by atoms with Crippen LogP contribution >= 0.6 is 0 Å². The number of fused-ring (bicyclic) bond motifs is 2. The first-order valence-corrected chi connectivity index (χ1v) is 12.8. The number of rotatable bonds is 8. The fourth-order valence-corrected chi connectivity index (χ4v) is 4.84. The van der Waals surface area contributed by atoms with Gasteiger partial charge in [-0.25, -0.2) is 15.0 Å². The maximum Gasteiger partial charge on any atom is 0.140 e. The molecule has 3 heterocycles. The molecule has 2 atom stereocenters. The third-order valence-electron chi connectivity index (χ3n) is 6.95. The molecule has 2 aromatic heterocycles. The highest BCUT2D eigenvalue weighted by molar-refractivity contribution is 5.90. The van der Waals surface area contributed by atoms with Crippen molar-refractivity contribution in [1.82, 2.24) is 15.0 Å². The van der Waals surface area contributed by atoms with Crippen molar-refractivity contribution in [3.05, 3.63) is 66.1 Å². The first kappa shape index (κ1) is 25.7. The minimum Gasteiger partial charge on any atom is -0.497 e. The second-order valence-electron chi connectivity index (χ2n) is 9.62. The summed E-state index contributed by atoms with van der Waals surface area (Å²) >= 11 is 0. The number of hydrogen-bond acceptors (Lipinski definition) is 9. The van der Waals surface area contributed by atoms with Crippen molar-refractivity contribution >= 4 is 22.5 Å². The maximum absolute atomic E-state index is 10.9. The van der Waals surface area contributed by atoms with Gasteiger partial charge in [0, 0.05) is 54.5 Å². The lowest BCUT2D eigenvalue weighted by molar-refractivity contribution is 0.123. The summed E-state index contributed by atoms with van der Waals surface area (Å²) in [5.41, 5.74) is 4.44. The number of aromatic nitrogens is 3. The van der Waals surface area contributed by atoms with Crippen LogP contribution in [0.3, 0.4) is 0 Å². The van der Waals surface area contributed by atoms with E-state index in [-0.39, 0.29) is 12.5 Å². The smallest absolute Gasteiger partial charge is 0.140 e. The Morgan fingerprint density at radius 3 is 2.76 bits per heavy atom. The molecule has 0 fully saturated rings. The van der Waals surface area contributed by atoms with Crippen LogP contribution in [0.15, 0.2) is 55.0 Å². The van der Waals surface area contributed by atoms with Crippen molar-refractivity contribution in [2.75, 3.05) is 44.1 Å². The molecule has 0 aliphatic carbocycles. The van der Waals surface area contributed by atoms with E-state index in [1.807, 2.05) is 43.3 Å². The van der Waals surface area contributed by atoms with Gasteiger partial charge in [0.05, 0.1) is 25.3 Å². The molecular weight excluding hydrogens is 482 g/mol. The van der Waals surface area contributed by atoms with Crippen molar-refractivity contribution < 1.29 is 19.7 Å². The van der Waals surface area contributed by atoms with Crippen LogP contribution in [0, 0.1) is 5.92 Å². The molecule has 2 aromatic carbocycles. The zero-order chi connectivity index (χ0) is 26.6. The molecule has 0 bridgehead atoms. The molecule has 3 N–H and O–H groups in total. The average molecular weight is 516 g/mol. The number of ether oxygens (including phenoxy) is 2. The summed E-state index contributed by atoms with van der Waals surface area (Å²) < 4.78 is 11.5. The Morgan fingerprint density at radius 2 is 1.97 bits per heavy atom. The summed E-state index contributed by atoms with van der Waals surface area (Å²) in [4.78, 5) is 15.8. The van der Waals surface area contributed by atoms with Crippen LogP contribution in [0.25, 0.3) is 22.0 Å². The molecule has 0 saturated heterocycles. The van der Waals surface area contributed by atoms with Crippen LogP contribution in [0.4, 0.5) is 11.6 Å². The molecule has 2 unspecified atom stereocenters. The number of nitrogens with zero attached hydrogens (tertiary/aromatic N) is 4. The Morgan fingerprint density at radius 1 is 1.11 bits per heavy atom. The van der Waals surface area contributed by atoms with Gasteiger partial charge < -0.3 is 29.9 Å². The Bertz CT molecular complexity index is 1430. The first-order valence-electron chi connectivity index (χ1n) is 12.8. The summed E-state index contributed by atoms with van der Waals surface area (Å²) in [5, 5.41) is 24.3. The molecule has 0 spiro atoms. The number of methoxy groups -OCH3 is 1. The van der Waals surface area contributed by atoms with Crippen LogP contribution in [0.1, 0.15) is 30.6 Å². The Hall–Kier alpha value is -3.95. The SMILES string of the molecule is CNc1ncc(-c2ccc3c(c2)CN(c2ncnc4cc(OC)ccc24)CCO3)cc1C(O)CC(C)CO. The van der Waals surface area contributed by atoms with Gasteiger partial charge in [-0.1, -0.05) is 13.0 Å². The minimum absolute atomic E-state index is 0.0204. The van der Waals surface area contributed by atoms with Crippen molar-refractivity contribution in [1.29, 1.82) is 0 Å². The highest BCUT2D eigenvalue weighted by Gasteiger charge is 2.21. The Labute approximate surface area is 222 Å². The second kappa shape index (κ2) is 11.2. The molecule has 1 aliphatic rings. The van der Waals surface area contributed by atoms with E-state index in [0.717, 1.165) is 44.9 Å². The summed E-state index contributed by atoms with van der Waals surface area (Å²) in [6, 6.07) is 13.9. The van der Waals surface area contributed by atoms with Crippen LogP contribution in [-0.2, 0) is 6.54 Å². The van der Waals surface area contributed by atoms with Crippen molar-refractivity contribution in [3.63, 3.8) is 0 Å². The maximum atomic E-state index is 10.9.